The molecule has 6 nitrogen and oxygen atoms in total. The molecular weight excluding hydrogens is 252 g/mol. The monoisotopic (exact) mass is 252 g/mol. The molecule has 1 heterocycles. The Morgan fingerprint density at radius 2 is 0.933 bits per heavy atom. The number of hydrogen-bond acceptors (Lipinski definition) is 9. The largest absolute Gasteiger partial charge is 0.265 e. The molecule has 0 spiro atoms. The summed E-state index contributed by atoms with van der Waals surface area (Å²) >= 11 is 13.2. The first-order valence-electron chi connectivity index (χ1n) is 3.30. The second-order valence-corrected chi connectivity index (χ2v) is 2.39. The number of isothiocyanates is 3. The molecule has 0 amide bonds. The van der Waals surface area contributed by atoms with Crippen LogP contribution in [-0.2, 0) is 0 Å². The number of nitrogens with zero attached hydrogens (tertiary/aromatic N) is 6. The number of thiocarbonyl (C=S) groups is 3. The predicted molar refractivity (Wildman–Crippen MR) is 63.9 cm³/mol. The summed E-state index contributed by atoms with van der Waals surface area (Å²) in [5.74, 6) is 0.0639. The van der Waals surface area contributed by atoms with Crippen molar-refractivity contribution in [1.29, 1.82) is 0 Å². The Hall–Kier alpha value is -1.59. The summed E-state index contributed by atoms with van der Waals surface area (Å²) in [6, 6.07) is 0. The van der Waals surface area contributed by atoms with Gasteiger partial charge in [0.05, 0.1) is 15.5 Å². The van der Waals surface area contributed by atoms with Gasteiger partial charge in [0.2, 0.25) is 0 Å². The zero-order chi connectivity index (χ0) is 11.1. The Balaban J connectivity index is 3.36. The van der Waals surface area contributed by atoms with E-state index < -0.39 is 0 Å². The molecular formula is C6N6S3. The summed E-state index contributed by atoms with van der Waals surface area (Å²) in [4.78, 5) is 21.9. The third kappa shape index (κ3) is 3.57. The molecule has 0 fully saturated rings. The van der Waals surface area contributed by atoms with E-state index >= 15 is 0 Å². The third-order valence-electron chi connectivity index (χ3n) is 1.04. The molecule has 0 aliphatic rings. The van der Waals surface area contributed by atoms with Crippen LogP contribution in [0.5, 0.6) is 0 Å². The second-order valence-electron chi connectivity index (χ2n) is 1.84. The molecule has 0 aliphatic carbocycles. The molecule has 0 bridgehead atoms. The molecule has 1 aromatic rings. The Morgan fingerprint density at radius 1 is 0.667 bits per heavy atom. The van der Waals surface area contributed by atoms with Crippen LogP contribution in [0.2, 0.25) is 0 Å². The molecule has 0 unspecified atom stereocenters. The van der Waals surface area contributed by atoms with Crippen LogP contribution in [0.4, 0.5) is 17.8 Å². The Labute approximate surface area is 99.9 Å². The molecule has 0 N–H and O–H groups in total. The van der Waals surface area contributed by atoms with Crippen molar-refractivity contribution < 1.29 is 0 Å². The normalized spacial score (nSPS) is 8.00. The highest BCUT2D eigenvalue weighted by molar-refractivity contribution is 7.78. The van der Waals surface area contributed by atoms with E-state index in [0.717, 1.165) is 0 Å². The van der Waals surface area contributed by atoms with Crippen molar-refractivity contribution in [3.63, 3.8) is 0 Å². The summed E-state index contributed by atoms with van der Waals surface area (Å²) in [7, 11) is 0. The lowest BCUT2D eigenvalue weighted by Gasteiger charge is -1.93. The quantitative estimate of drug-likeness (QED) is 0.605. The van der Waals surface area contributed by atoms with Crippen molar-refractivity contribution in [3.05, 3.63) is 0 Å². The zero-order valence-electron chi connectivity index (χ0n) is 6.91. The summed E-state index contributed by atoms with van der Waals surface area (Å²) in [5, 5.41) is 6.31. The van der Waals surface area contributed by atoms with E-state index in [1.165, 1.54) is 0 Å². The molecule has 0 aromatic carbocycles. The van der Waals surface area contributed by atoms with E-state index in [1.54, 1.807) is 0 Å². The summed E-state index contributed by atoms with van der Waals surface area (Å²) in [6.45, 7) is 0. The minimum absolute atomic E-state index is 0.0213. The Kier molecular flexibility index (Phi) is 4.59. The molecule has 72 valence electrons. The molecule has 9 heteroatoms. The van der Waals surface area contributed by atoms with Gasteiger partial charge in [-0.1, -0.05) is 0 Å². The fourth-order valence-corrected chi connectivity index (χ4v) is 0.861. The Morgan fingerprint density at radius 3 is 1.13 bits per heavy atom. The number of rotatable bonds is 3. The lowest BCUT2D eigenvalue weighted by Crippen LogP contribution is -1.86. The van der Waals surface area contributed by atoms with Gasteiger partial charge in [0.25, 0.3) is 17.8 Å². The smallest absolute Gasteiger partial charge is 0.172 e. The van der Waals surface area contributed by atoms with E-state index in [9.17, 15) is 0 Å². The topological polar surface area (TPSA) is 75.8 Å². The van der Waals surface area contributed by atoms with Gasteiger partial charge in [-0.3, -0.25) is 0 Å². The van der Waals surface area contributed by atoms with Crippen molar-refractivity contribution in [1.82, 2.24) is 15.0 Å². The fourth-order valence-electron chi connectivity index (χ4n) is 0.616. The molecule has 1 rings (SSSR count). The van der Waals surface area contributed by atoms with Crippen LogP contribution in [-0.4, -0.2) is 30.4 Å². The highest BCUT2D eigenvalue weighted by Crippen LogP contribution is 2.14. The van der Waals surface area contributed by atoms with Crippen LogP contribution in [0.25, 0.3) is 0 Å². The molecule has 1 aromatic heterocycles. The summed E-state index contributed by atoms with van der Waals surface area (Å²) < 4.78 is 0. The van der Waals surface area contributed by atoms with Gasteiger partial charge >= 0.3 is 0 Å². The van der Waals surface area contributed by atoms with Crippen molar-refractivity contribution >= 4 is 70.0 Å². The van der Waals surface area contributed by atoms with Crippen LogP contribution in [0.15, 0.2) is 15.0 Å². The van der Waals surface area contributed by atoms with Crippen LogP contribution in [0.3, 0.4) is 0 Å². The van der Waals surface area contributed by atoms with Gasteiger partial charge in [-0.05, 0) is 36.7 Å². The maximum absolute atomic E-state index is 4.40. The van der Waals surface area contributed by atoms with Crippen molar-refractivity contribution in [3.8, 4) is 0 Å². The van der Waals surface area contributed by atoms with Crippen molar-refractivity contribution in [2.75, 3.05) is 0 Å². The van der Waals surface area contributed by atoms with Gasteiger partial charge in [0, 0.05) is 0 Å². The molecule has 0 radical (unpaired) electrons. The average Bonchev–Trinajstić information content (AvgIpc) is 2.19. The van der Waals surface area contributed by atoms with Gasteiger partial charge in [0.15, 0.2) is 0 Å². The first-order valence-corrected chi connectivity index (χ1v) is 4.52. The number of aromatic nitrogens is 3. The van der Waals surface area contributed by atoms with Crippen LogP contribution < -0.4 is 0 Å². The molecule has 0 saturated carbocycles. The van der Waals surface area contributed by atoms with Crippen molar-refractivity contribution in [2.24, 2.45) is 15.0 Å². The molecule has 0 saturated heterocycles. The van der Waals surface area contributed by atoms with Gasteiger partial charge in [-0.2, -0.15) is 29.9 Å². The second kappa shape index (κ2) is 6.00. The van der Waals surface area contributed by atoms with E-state index in [4.69, 9.17) is 0 Å². The summed E-state index contributed by atoms with van der Waals surface area (Å²) in [5.41, 5.74) is 0. The lowest BCUT2D eigenvalue weighted by atomic mass is 10.8. The molecule has 15 heavy (non-hydrogen) atoms. The maximum Gasteiger partial charge on any atom is 0.265 e. The molecule has 0 atom stereocenters. The van der Waals surface area contributed by atoms with Crippen LogP contribution >= 0.6 is 36.7 Å². The zero-order valence-corrected chi connectivity index (χ0v) is 9.36. The minimum atomic E-state index is 0.0213. The lowest BCUT2D eigenvalue weighted by molar-refractivity contribution is 1.02. The minimum Gasteiger partial charge on any atom is -0.172 e. The molecule has 0 aliphatic heterocycles. The van der Waals surface area contributed by atoms with E-state index in [1.807, 2.05) is 0 Å². The van der Waals surface area contributed by atoms with Gasteiger partial charge in [-0.15, -0.1) is 0 Å². The van der Waals surface area contributed by atoms with Crippen LogP contribution in [0, 0.1) is 0 Å². The maximum atomic E-state index is 4.40. The van der Waals surface area contributed by atoms with E-state index in [0.29, 0.717) is 0 Å². The standard InChI is InChI=1S/C6N6S3/c13-1-7-4-10-5(8-2-14)12-6(11-4)9-3-15. The predicted octanol–water partition coefficient (Wildman–Crippen LogP) is 2.07. The fraction of sp³-hybridized carbons (Fsp3) is 0. The van der Waals surface area contributed by atoms with Gasteiger partial charge < -0.3 is 0 Å². The van der Waals surface area contributed by atoms with E-state index in [2.05, 4.69) is 82.1 Å². The highest BCUT2D eigenvalue weighted by atomic mass is 32.1. The first-order chi connectivity index (χ1) is 7.30. The third-order valence-corrected chi connectivity index (χ3v) is 1.31. The van der Waals surface area contributed by atoms with Crippen LogP contribution in [0.1, 0.15) is 0 Å². The highest BCUT2D eigenvalue weighted by Gasteiger charge is 2.02. The average molecular weight is 252 g/mol. The first kappa shape index (κ1) is 11.5. The number of aliphatic imine (C=N–C) groups is 3. The summed E-state index contributed by atoms with van der Waals surface area (Å²) in [6.07, 6.45) is 0. The van der Waals surface area contributed by atoms with E-state index in [-0.39, 0.29) is 17.8 Å². The Bertz CT molecular complexity index is 433. The SMILES string of the molecule is S=C=Nc1nc(N=C=S)nc(N=C=S)n1. The van der Waals surface area contributed by atoms with Gasteiger partial charge in [-0.25, -0.2) is 0 Å². The van der Waals surface area contributed by atoms with Gasteiger partial charge in [0.1, 0.15) is 0 Å². The number of hydrogen-bond donors (Lipinski definition) is 0. The van der Waals surface area contributed by atoms with Crippen molar-refractivity contribution in [2.45, 2.75) is 0 Å².